The molecule has 256 valence electrons. The van der Waals surface area contributed by atoms with Gasteiger partial charge in [0.25, 0.3) is 0 Å². The first-order valence-corrected chi connectivity index (χ1v) is 25.7. The van der Waals surface area contributed by atoms with Gasteiger partial charge in [-0.05, 0) is 21.7 Å². The minimum absolute atomic E-state index is 0. The molecule has 0 heterocycles. The molecule has 0 fully saturated rings. The summed E-state index contributed by atoms with van der Waals surface area (Å²) in [5, 5.41) is 0. The average Bonchev–Trinajstić information content (AvgIpc) is 3.64. The van der Waals surface area contributed by atoms with Crippen molar-refractivity contribution in [3.63, 3.8) is 0 Å². The molecule has 0 radical (unpaired) electrons. The van der Waals surface area contributed by atoms with Gasteiger partial charge >= 0.3 is 76.9 Å². The van der Waals surface area contributed by atoms with E-state index in [0.29, 0.717) is 21.7 Å². The largest absolute Gasteiger partial charge is 1.00 e. The summed E-state index contributed by atoms with van der Waals surface area (Å²) < 4.78 is 0. The summed E-state index contributed by atoms with van der Waals surface area (Å²) in [6, 6.07) is 0. The van der Waals surface area contributed by atoms with E-state index < -0.39 is 0 Å². The topological polar surface area (TPSA) is 0 Å². The maximum Gasteiger partial charge on any atom is -1.00 e. The van der Waals surface area contributed by atoms with E-state index in [1.165, 1.54) is 22.3 Å². The van der Waals surface area contributed by atoms with E-state index in [1.54, 1.807) is 0 Å². The predicted octanol–water partition coefficient (Wildman–Crippen LogP) is 6.46. The minimum Gasteiger partial charge on any atom is -1.00 e. The molecule has 0 atom stereocenters. The van der Waals surface area contributed by atoms with Crippen molar-refractivity contribution in [2.24, 2.45) is 21.7 Å². The molecule has 4 rings (SSSR count). The van der Waals surface area contributed by atoms with Crippen molar-refractivity contribution in [3.8, 4) is 0 Å². The maximum atomic E-state index is 3.30. The number of hydrogen-bond acceptors (Lipinski definition) is 0. The van der Waals surface area contributed by atoms with Crippen molar-refractivity contribution in [2.75, 3.05) is 0 Å². The molecule has 0 aromatic rings. The zero-order chi connectivity index (χ0) is 34.8. The molecule has 0 bridgehead atoms. The Morgan fingerprint density at radius 2 is 0.543 bits per heavy atom. The van der Waals surface area contributed by atoms with Crippen LogP contribution in [0.25, 0.3) is 0 Å². The molecule has 0 amide bonds. The van der Waals surface area contributed by atoms with E-state index in [9.17, 15) is 0 Å². The Morgan fingerprint density at radius 3 is 0.587 bits per heavy atom. The molecule has 0 nitrogen and oxygen atoms in total. The second kappa shape index (κ2) is 26.2. The third-order valence-corrected chi connectivity index (χ3v) is 6.01. The summed E-state index contributed by atoms with van der Waals surface area (Å²) in [6.45, 7) is 35.6. The second-order valence-corrected chi connectivity index (χ2v) is 29.2. The van der Waals surface area contributed by atoms with Crippen LogP contribution in [0, 0.1) is 46.0 Å². The fourth-order valence-electron chi connectivity index (χ4n) is 3.68. The van der Waals surface area contributed by atoms with Crippen LogP contribution in [-0.2, 0) is 38.3 Å². The van der Waals surface area contributed by atoms with E-state index in [4.69, 9.17) is 0 Å². The number of allylic oxidation sites excluding steroid dienone is 16. The van der Waals surface area contributed by atoms with Gasteiger partial charge in [-0.2, -0.15) is 24.3 Å². The van der Waals surface area contributed by atoms with Crippen molar-refractivity contribution in [1.29, 1.82) is 0 Å². The summed E-state index contributed by atoms with van der Waals surface area (Å²) >= 11 is 4.54. The Hall–Kier alpha value is 0.362. The van der Waals surface area contributed by atoms with Gasteiger partial charge in [-0.25, -0.2) is 46.6 Å². The SMILES string of the molecule is CC(C)(C)C1=[C-]CC=C1.CC(C)(C)C1=[C-]CC=C1.CC(C)(C)C1=[C-]CC=C1.CC(C)(C)C1=[C-]CC=C1.C[Si](C)=[Ti+2].C[Si](C)=[Ti+2].[Cl-].[Cl-]. The molecule has 0 saturated heterocycles. The molecule has 0 spiro atoms. The second-order valence-electron chi connectivity index (χ2n) is 15.8. The molecule has 0 aromatic carbocycles. The van der Waals surface area contributed by atoms with E-state index in [-0.39, 0.29) is 37.2 Å². The Balaban J connectivity index is -0.000000234. The van der Waals surface area contributed by atoms with Crippen LogP contribution in [0.1, 0.15) is 109 Å². The molecule has 4 aliphatic rings. The van der Waals surface area contributed by atoms with E-state index in [1.807, 2.05) is 0 Å². The summed E-state index contributed by atoms with van der Waals surface area (Å²) in [7, 11) is 0. The van der Waals surface area contributed by atoms with Crippen LogP contribution < -0.4 is 24.8 Å². The van der Waals surface area contributed by atoms with Crippen LogP contribution in [0.15, 0.2) is 70.9 Å². The first-order chi connectivity index (χ1) is 19.9. The molecule has 0 saturated carbocycles. The summed E-state index contributed by atoms with van der Waals surface area (Å²) in [5.74, 6) is 0. The third-order valence-electron chi connectivity index (χ3n) is 6.01. The molecule has 0 unspecified atom stereocenters. The van der Waals surface area contributed by atoms with Crippen LogP contribution in [0.4, 0.5) is 0 Å². The molecular formula is C40H64Cl2Si2Ti2-2. The van der Waals surface area contributed by atoms with Gasteiger partial charge in [0.2, 0.25) is 0 Å². The zero-order valence-corrected chi connectivity index (χ0v) is 38.8. The molecule has 0 N–H and O–H groups in total. The fourth-order valence-corrected chi connectivity index (χ4v) is 3.68. The summed E-state index contributed by atoms with van der Waals surface area (Å²) in [4.78, 5) is 0. The third kappa shape index (κ3) is 30.4. The Kier molecular flexibility index (Phi) is 30.3. The van der Waals surface area contributed by atoms with Gasteiger partial charge in [0.15, 0.2) is 0 Å². The summed E-state index contributed by atoms with van der Waals surface area (Å²) in [6.07, 6.45) is 34.8. The Labute approximate surface area is 324 Å². The van der Waals surface area contributed by atoms with Crippen molar-refractivity contribution >= 4 is 12.4 Å². The van der Waals surface area contributed by atoms with Crippen molar-refractivity contribution < 1.29 is 63.2 Å². The van der Waals surface area contributed by atoms with E-state index in [2.05, 4.69) is 221 Å². The molecule has 46 heavy (non-hydrogen) atoms. The zero-order valence-electron chi connectivity index (χ0n) is 32.2. The van der Waals surface area contributed by atoms with Crippen LogP contribution in [0.3, 0.4) is 0 Å². The number of rotatable bonds is 0. The number of halogens is 2. The number of hydrogen-bond donors (Lipinski definition) is 0. The van der Waals surface area contributed by atoms with Crippen molar-refractivity contribution in [2.45, 2.75) is 135 Å². The van der Waals surface area contributed by atoms with Gasteiger partial charge in [0.05, 0.1) is 0 Å². The Morgan fingerprint density at radius 1 is 0.413 bits per heavy atom. The van der Waals surface area contributed by atoms with Crippen molar-refractivity contribution in [3.05, 3.63) is 95.2 Å². The van der Waals surface area contributed by atoms with Gasteiger partial charge in [0.1, 0.15) is 0 Å². The normalized spacial score (nSPS) is 15.6. The van der Waals surface area contributed by atoms with Gasteiger partial charge < -0.3 is 24.8 Å². The molecular weight excluding hydrogens is 703 g/mol. The molecule has 0 aromatic heterocycles. The van der Waals surface area contributed by atoms with Gasteiger partial charge in [-0.15, -0.1) is 25.7 Å². The van der Waals surface area contributed by atoms with E-state index >= 15 is 0 Å². The fraction of sp³-hybridized carbons (Fsp3) is 0.600. The quantitative estimate of drug-likeness (QED) is 0.196. The summed E-state index contributed by atoms with van der Waals surface area (Å²) in [5.41, 5.74) is 6.59. The molecule has 6 heteroatoms. The molecule has 0 aliphatic heterocycles. The van der Waals surface area contributed by atoms with Crippen LogP contribution >= 0.6 is 0 Å². The van der Waals surface area contributed by atoms with E-state index in [0.717, 1.165) is 25.7 Å². The Bertz CT molecular complexity index is 970. The average molecular weight is 768 g/mol. The smallest absolute Gasteiger partial charge is 1.00 e. The molecule has 4 aliphatic carbocycles. The van der Waals surface area contributed by atoms with Gasteiger partial charge in [-0.3, -0.25) is 24.3 Å². The van der Waals surface area contributed by atoms with Gasteiger partial charge in [0, 0.05) is 0 Å². The first kappa shape index (κ1) is 53.2. The monoisotopic (exact) mass is 766 g/mol. The van der Waals surface area contributed by atoms with Crippen LogP contribution in [0.2, 0.25) is 26.2 Å². The van der Waals surface area contributed by atoms with Gasteiger partial charge in [-0.1, -0.05) is 83.1 Å². The maximum absolute atomic E-state index is 3.30. The first-order valence-electron chi connectivity index (χ1n) is 16.0. The van der Waals surface area contributed by atoms with Crippen molar-refractivity contribution in [1.82, 2.24) is 0 Å². The predicted molar refractivity (Wildman–Crippen MR) is 195 cm³/mol. The van der Waals surface area contributed by atoms with Crippen LogP contribution in [0.5, 0.6) is 0 Å². The standard InChI is InChI=1S/4C9H13.2C2H6Si.2ClH.2Ti/c4*1-9(2,3)8-6-4-5-7-8;2*1-3-2;;;;/h4*4,6H,5H2,1-3H3;2*1-2H3;2*1H;;/q4*-1;;;;;2*+2/p-2. The minimum atomic E-state index is 0. The van der Waals surface area contributed by atoms with Crippen LogP contribution in [-0.4, -0.2) is 12.4 Å².